The Hall–Kier alpha value is -2.68. The number of hydrogen-bond acceptors (Lipinski definition) is 8. The molecule has 2 fully saturated rings. The maximum absolute atomic E-state index is 10.7. The molecule has 2 aromatic carbocycles. The lowest BCUT2D eigenvalue weighted by atomic mass is 9.85. The molecule has 0 bridgehead atoms. The predicted molar refractivity (Wildman–Crippen MR) is 148 cm³/mol. The number of phenols is 2. The van der Waals surface area contributed by atoms with Crippen molar-refractivity contribution in [2.45, 2.75) is 95.4 Å². The minimum Gasteiger partial charge on any atom is -0.504 e. The monoisotopic (exact) mass is 544 g/mol. The lowest BCUT2D eigenvalue weighted by molar-refractivity contribution is -0.0690. The first-order chi connectivity index (χ1) is 18.8. The molecule has 0 heterocycles. The van der Waals surface area contributed by atoms with Gasteiger partial charge in [-0.15, -0.1) is 0 Å². The molecule has 2 aliphatic rings. The average molecular weight is 545 g/mol. The van der Waals surface area contributed by atoms with E-state index < -0.39 is 12.9 Å². The van der Waals surface area contributed by atoms with E-state index in [0.717, 1.165) is 24.0 Å². The highest BCUT2D eigenvalue weighted by Gasteiger charge is 2.42. The Morgan fingerprint density at radius 1 is 0.897 bits per heavy atom. The molecule has 2 aliphatic carbocycles. The third kappa shape index (κ3) is 7.71. The topological polar surface area (TPSA) is 118 Å². The minimum absolute atomic E-state index is 0.0514. The van der Waals surface area contributed by atoms with Gasteiger partial charge in [-0.1, -0.05) is 18.9 Å². The largest absolute Gasteiger partial charge is 0.504 e. The smallest absolute Gasteiger partial charge is 0.200 e. The van der Waals surface area contributed by atoms with Gasteiger partial charge in [0.2, 0.25) is 5.75 Å². The average Bonchev–Trinajstić information content (AvgIpc) is 3.57. The normalized spacial score (nSPS) is 19.7. The van der Waals surface area contributed by atoms with Crippen molar-refractivity contribution in [2.24, 2.45) is 5.41 Å². The molecule has 4 rings (SSSR count). The van der Waals surface area contributed by atoms with E-state index in [1.807, 2.05) is 12.1 Å². The first kappa shape index (κ1) is 29.3. The van der Waals surface area contributed by atoms with Crippen molar-refractivity contribution < 1.29 is 39.4 Å². The van der Waals surface area contributed by atoms with Crippen LogP contribution in [0.1, 0.15) is 75.3 Å². The first-order valence-corrected chi connectivity index (χ1v) is 14.2. The van der Waals surface area contributed by atoms with E-state index in [9.17, 15) is 20.4 Å². The standard InChI is InChI=1S/C31H44O8/c1-36-28-16-22(17-29(37-2)30(28)35)5-8-23(33)18-24(38-20-32)9-6-21-7-10-26(34)27(15-21)39-25-11-14-31(19-25)12-3-4-13-31/h7,10,15-17,23-25,32-35H,3-6,8-9,11-14,18-20H2,1-2H3/t23-,24-,25-/m0/s1. The van der Waals surface area contributed by atoms with Gasteiger partial charge in [-0.05, 0) is 105 Å². The second-order valence-corrected chi connectivity index (χ2v) is 11.2. The summed E-state index contributed by atoms with van der Waals surface area (Å²) in [6.07, 6.45) is 10.4. The van der Waals surface area contributed by atoms with E-state index in [4.69, 9.17) is 18.9 Å². The molecule has 3 atom stereocenters. The number of rotatable bonds is 14. The summed E-state index contributed by atoms with van der Waals surface area (Å²) in [5, 5.41) is 40.7. The zero-order valence-electron chi connectivity index (χ0n) is 23.2. The second-order valence-electron chi connectivity index (χ2n) is 11.2. The molecule has 0 aromatic heterocycles. The van der Waals surface area contributed by atoms with Crippen molar-refractivity contribution >= 4 is 0 Å². The quantitative estimate of drug-likeness (QED) is 0.238. The Morgan fingerprint density at radius 3 is 2.23 bits per heavy atom. The van der Waals surface area contributed by atoms with Crippen LogP contribution in [0.25, 0.3) is 0 Å². The summed E-state index contributed by atoms with van der Waals surface area (Å²) in [4.78, 5) is 0. The molecule has 0 unspecified atom stereocenters. The zero-order valence-corrected chi connectivity index (χ0v) is 23.2. The summed E-state index contributed by atoms with van der Waals surface area (Å²) in [5.74, 6) is 1.29. The highest BCUT2D eigenvalue weighted by atomic mass is 16.6. The molecule has 0 amide bonds. The number of aliphatic hydroxyl groups is 2. The van der Waals surface area contributed by atoms with Crippen molar-refractivity contribution in [1.29, 1.82) is 0 Å². The molecule has 4 N–H and O–H groups in total. The van der Waals surface area contributed by atoms with Gasteiger partial charge in [0.25, 0.3) is 0 Å². The van der Waals surface area contributed by atoms with Crippen molar-refractivity contribution in [2.75, 3.05) is 21.0 Å². The molecule has 8 nitrogen and oxygen atoms in total. The summed E-state index contributed by atoms with van der Waals surface area (Å²) < 4.78 is 22.2. The van der Waals surface area contributed by atoms with Gasteiger partial charge in [0, 0.05) is 0 Å². The Bertz CT molecular complexity index is 1040. The number of aliphatic hydroxyl groups excluding tert-OH is 2. The summed E-state index contributed by atoms with van der Waals surface area (Å²) in [6, 6.07) is 8.94. The van der Waals surface area contributed by atoms with Gasteiger partial charge in [0.05, 0.1) is 32.5 Å². The van der Waals surface area contributed by atoms with Crippen molar-refractivity contribution in [3.05, 3.63) is 41.5 Å². The highest BCUT2D eigenvalue weighted by molar-refractivity contribution is 5.52. The molecule has 0 saturated heterocycles. The molecule has 39 heavy (non-hydrogen) atoms. The lowest BCUT2D eigenvalue weighted by Crippen LogP contribution is -2.22. The Morgan fingerprint density at radius 2 is 1.56 bits per heavy atom. The summed E-state index contributed by atoms with van der Waals surface area (Å²) in [6.45, 7) is -0.420. The van der Waals surface area contributed by atoms with Crippen LogP contribution in [-0.2, 0) is 17.6 Å². The van der Waals surface area contributed by atoms with Crippen LogP contribution in [-0.4, -0.2) is 59.8 Å². The lowest BCUT2D eigenvalue weighted by Gasteiger charge is -2.23. The Labute approximate surface area is 231 Å². The maximum atomic E-state index is 10.7. The van der Waals surface area contributed by atoms with Gasteiger partial charge in [0.1, 0.15) is 6.79 Å². The van der Waals surface area contributed by atoms with Crippen LogP contribution < -0.4 is 14.2 Å². The number of methoxy groups -OCH3 is 2. The van der Waals surface area contributed by atoms with Crippen LogP contribution in [0, 0.1) is 5.41 Å². The SMILES string of the molecule is COc1cc(CC[C@H](O)C[C@H](CCc2ccc(O)c(O[C@H]3CCC4(CCCC4)C3)c2)OCO)cc(OC)c1O. The predicted octanol–water partition coefficient (Wildman–Crippen LogP) is 5.26. The van der Waals surface area contributed by atoms with Crippen LogP contribution >= 0.6 is 0 Å². The molecule has 1 spiro atoms. The van der Waals surface area contributed by atoms with Gasteiger partial charge in [0.15, 0.2) is 23.0 Å². The van der Waals surface area contributed by atoms with Gasteiger partial charge in [-0.2, -0.15) is 0 Å². The molecular formula is C31H44O8. The zero-order chi connectivity index (χ0) is 27.8. The van der Waals surface area contributed by atoms with E-state index in [-0.39, 0.29) is 23.7 Å². The number of ether oxygens (including phenoxy) is 4. The minimum atomic E-state index is -0.642. The molecule has 8 heteroatoms. The van der Waals surface area contributed by atoms with Crippen molar-refractivity contribution in [1.82, 2.24) is 0 Å². The fraction of sp³-hybridized carbons (Fsp3) is 0.613. The van der Waals surface area contributed by atoms with E-state index in [1.54, 1.807) is 18.2 Å². The van der Waals surface area contributed by atoms with Crippen LogP contribution in [0.2, 0.25) is 0 Å². The van der Waals surface area contributed by atoms with Crippen molar-refractivity contribution in [3.63, 3.8) is 0 Å². The van der Waals surface area contributed by atoms with Crippen LogP contribution in [0.3, 0.4) is 0 Å². The Balaban J connectivity index is 1.29. The first-order valence-electron chi connectivity index (χ1n) is 14.2. The van der Waals surface area contributed by atoms with Gasteiger partial charge >= 0.3 is 0 Å². The molecule has 2 aromatic rings. The van der Waals surface area contributed by atoms with Crippen LogP contribution in [0.4, 0.5) is 0 Å². The van der Waals surface area contributed by atoms with Gasteiger partial charge in [-0.3, -0.25) is 0 Å². The number of hydrogen-bond donors (Lipinski definition) is 4. The van der Waals surface area contributed by atoms with Crippen LogP contribution in [0.5, 0.6) is 28.7 Å². The van der Waals surface area contributed by atoms with E-state index in [0.29, 0.717) is 54.8 Å². The van der Waals surface area contributed by atoms with Crippen LogP contribution in [0.15, 0.2) is 30.3 Å². The number of aromatic hydroxyl groups is 2. The van der Waals surface area contributed by atoms with Crippen molar-refractivity contribution in [3.8, 4) is 28.7 Å². The van der Waals surface area contributed by atoms with E-state index in [1.165, 1.54) is 46.3 Å². The second kappa shape index (κ2) is 13.6. The molecule has 0 aliphatic heterocycles. The number of aryl methyl sites for hydroxylation is 2. The molecular weight excluding hydrogens is 500 g/mol. The summed E-state index contributed by atoms with van der Waals surface area (Å²) in [5.41, 5.74) is 2.34. The number of benzene rings is 2. The van der Waals surface area contributed by atoms with E-state index in [2.05, 4.69) is 0 Å². The summed E-state index contributed by atoms with van der Waals surface area (Å²) in [7, 11) is 2.96. The molecule has 2 saturated carbocycles. The summed E-state index contributed by atoms with van der Waals surface area (Å²) >= 11 is 0. The molecule has 0 radical (unpaired) electrons. The fourth-order valence-corrected chi connectivity index (χ4v) is 6.37. The van der Waals surface area contributed by atoms with Gasteiger partial charge in [-0.25, -0.2) is 0 Å². The molecule has 216 valence electrons. The number of phenolic OH excluding ortho intramolecular Hbond substituents is 2. The Kier molecular flexibility index (Phi) is 10.2. The maximum Gasteiger partial charge on any atom is 0.200 e. The third-order valence-corrected chi connectivity index (χ3v) is 8.55. The fourth-order valence-electron chi connectivity index (χ4n) is 6.37. The van der Waals surface area contributed by atoms with E-state index >= 15 is 0 Å². The highest BCUT2D eigenvalue weighted by Crippen LogP contribution is 2.51. The third-order valence-electron chi connectivity index (χ3n) is 8.55. The van der Waals surface area contributed by atoms with Gasteiger partial charge < -0.3 is 39.4 Å².